The van der Waals surface area contributed by atoms with Crippen LogP contribution in [-0.4, -0.2) is 28.1 Å². The highest BCUT2D eigenvalue weighted by Crippen LogP contribution is 2.21. The third-order valence-corrected chi connectivity index (χ3v) is 3.45. The van der Waals surface area contributed by atoms with Crippen LogP contribution in [0.25, 0.3) is 0 Å². The maximum Gasteiger partial charge on any atom is 0.304 e. The number of aryl methyl sites for hydroxylation is 1. The Morgan fingerprint density at radius 1 is 1.37 bits per heavy atom. The van der Waals surface area contributed by atoms with Crippen molar-refractivity contribution in [1.82, 2.24) is 4.90 Å². The molecule has 0 heterocycles. The van der Waals surface area contributed by atoms with Gasteiger partial charge in [0.25, 0.3) is 0 Å². The number of carboxylic acids is 1. The third-order valence-electron chi connectivity index (χ3n) is 3.21. The Kier molecular flexibility index (Phi) is 5.39. The van der Waals surface area contributed by atoms with E-state index < -0.39 is 5.97 Å². The number of halogens is 1. The van der Waals surface area contributed by atoms with Crippen molar-refractivity contribution in [3.8, 4) is 0 Å². The molecule has 0 spiro atoms. The SMILES string of the molecule is Cc1cc(Cl)ccc1CN(CCC(=O)O)C(C)(C)C. The van der Waals surface area contributed by atoms with Crippen LogP contribution in [0, 0.1) is 6.92 Å². The number of carboxylic acid groups (broad SMARTS) is 1. The molecule has 1 N–H and O–H groups in total. The Hall–Kier alpha value is -1.06. The van der Waals surface area contributed by atoms with Crippen molar-refractivity contribution >= 4 is 17.6 Å². The summed E-state index contributed by atoms with van der Waals surface area (Å²) in [4.78, 5) is 12.9. The van der Waals surface area contributed by atoms with Crippen molar-refractivity contribution in [2.24, 2.45) is 0 Å². The molecule has 1 aromatic carbocycles. The number of nitrogens with zero attached hydrogens (tertiary/aromatic N) is 1. The minimum atomic E-state index is -0.762. The molecule has 0 aromatic heterocycles. The number of aliphatic carboxylic acids is 1. The van der Waals surface area contributed by atoms with E-state index >= 15 is 0 Å². The highest BCUT2D eigenvalue weighted by atomic mass is 35.5. The Labute approximate surface area is 120 Å². The molecule has 0 aliphatic carbocycles. The van der Waals surface area contributed by atoms with Crippen LogP contribution >= 0.6 is 11.6 Å². The molecule has 1 rings (SSSR count). The van der Waals surface area contributed by atoms with Crippen LogP contribution in [-0.2, 0) is 11.3 Å². The van der Waals surface area contributed by atoms with Crippen molar-refractivity contribution in [2.75, 3.05) is 6.54 Å². The topological polar surface area (TPSA) is 40.5 Å². The normalized spacial score (nSPS) is 11.9. The molecule has 0 radical (unpaired) electrons. The van der Waals surface area contributed by atoms with Gasteiger partial charge in [-0.3, -0.25) is 9.69 Å². The van der Waals surface area contributed by atoms with E-state index in [1.807, 2.05) is 25.1 Å². The molecular weight excluding hydrogens is 262 g/mol. The zero-order valence-corrected chi connectivity index (χ0v) is 12.8. The van der Waals surface area contributed by atoms with Gasteiger partial charge in [-0.1, -0.05) is 17.7 Å². The Balaban J connectivity index is 2.85. The lowest BCUT2D eigenvalue weighted by atomic mass is 10.0. The minimum Gasteiger partial charge on any atom is -0.481 e. The molecule has 3 nitrogen and oxygen atoms in total. The summed E-state index contributed by atoms with van der Waals surface area (Å²) in [5.74, 6) is -0.762. The van der Waals surface area contributed by atoms with Crippen molar-refractivity contribution in [1.29, 1.82) is 0 Å². The lowest BCUT2D eigenvalue weighted by Gasteiger charge is -2.35. The average molecular weight is 284 g/mol. The van der Waals surface area contributed by atoms with Crippen LogP contribution < -0.4 is 0 Å². The van der Waals surface area contributed by atoms with E-state index in [0.29, 0.717) is 6.54 Å². The van der Waals surface area contributed by atoms with Gasteiger partial charge in [0.2, 0.25) is 0 Å². The molecule has 0 unspecified atom stereocenters. The van der Waals surface area contributed by atoms with Gasteiger partial charge in [0.1, 0.15) is 0 Å². The summed E-state index contributed by atoms with van der Waals surface area (Å²) in [5, 5.41) is 9.57. The van der Waals surface area contributed by atoms with Crippen LogP contribution in [0.15, 0.2) is 18.2 Å². The van der Waals surface area contributed by atoms with Crippen LogP contribution in [0.1, 0.15) is 38.3 Å². The molecule has 0 aliphatic heterocycles. The van der Waals surface area contributed by atoms with Gasteiger partial charge in [-0.25, -0.2) is 0 Å². The Bertz CT molecular complexity index is 452. The van der Waals surface area contributed by atoms with Gasteiger partial charge in [-0.2, -0.15) is 0 Å². The third kappa shape index (κ3) is 5.21. The fourth-order valence-electron chi connectivity index (χ4n) is 1.92. The summed E-state index contributed by atoms with van der Waals surface area (Å²) in [5.41, 5.74) is 2.25. The van der Waals surface area contributed by atoms with Crippen molar-refractivity contribution in [3.05, 3.63) is 34.3 Å². The number of hydrogen-bond acceptors (Lipinski definition) is 2. The van der Waals surface area contributed by atoms with Crippen LogP contribution in [0.5, 0.6) is 0 Å². The van der Waals surface area contributed by atoms with Crippen LogP contribution in [0.2, 0.25) is 5.02 Å². The molecule has 0 fully saturated rings. The predicted molar refractivity (Wildman–Crippen MR) is 78.6 cm³/mol. The standard InChI is InChI=1S/C15H22ClNO2/c1-11-9-13(16)6-5-12(11)10-17(15(2,3)4)8-7-14(18)19/h5-6,9H,7-8,10H2,1-4H3,(H,18,19). The second-order valence-corrected chi connectivity index (χ2v) is 6.24. The molecule has 0 atom stereocenters. The van der Waals surface area contributed by atoms with E-state index in [2.05, 4.69) is 25.7 Å². The van der Waals surface area contributed by atoms with Gasteiger partial charge < -0.3 is 5.11 Å². The first-order valence-corrected chi connectivity index (χ1v) is 6.80. The largest absolute Gasteiger partial charge is 0.481 e. The quantitative estimate of drug-likeness (QED) is 0.895. The second-order valence-electron chi connectivity index (χ2n) is 5.81. The molecule has 4 heteroatoms. The first kappa shape index (κ1) is 16.0. The van der Waals surface area contributed by atoms with E-state index in [0.717, 1.165) is 17.1 Å². The van der Waals surface area contributed by atoms with E-state index in [1.165, 1.54) is 5.56 Å². The monoisotopic (exact) mass is 283 g/mol. The molecule has 106 valence electrons. The molecular formula is C15H22ClNO2. The van der Waals surface area contributed by atoms with E-state index in [1.54, 1.807) is 0 Å². The van der Waals surface area contributed by atoms with Gasteiger partial charge in [0.15, 0.2) is 0 Å². The number of carbonyl (C=O) groups is 1. The molecule has 19 heavy (non-hydrogen) atoms. The summed E-state index contributed by atoms with van der Waals surface area (Å²) >= 11 is 5.95. The van der Waals surface area contributed by atoms with Gasteiger partial charge in [0, 0.05) is 23.7 Å². The highest BCUT2D eigenvalue weighted by molar-refractivity contribution is 6.30. The zero-order chi connectivity index (χ0) is 14.6. The summed E-state index contributed by atoms with van der Waals surface area (Å²) in [6, 6.07) is 5.83. The molecule has 1 aromatic rings. The molecule has 0 amide bonds. The van der Waals surface area contributed by atoms with Crippen molar-refractivity contribution in [3.63, 3.8) is 0 Å². The summed E-state index contributed by atoms with van der Waals surface area (Å²) < 4.78 is 0. The second kappa shape index (κ2) is 6.40. The molecule has 0 bridgehead atoms. The number of rotatable bonds is 5. The lowest BCUT2D eigenvalue weighted by Crippen LogP contribution is -2.42. The summed E-state index contributed by atoms with van der Waals surface area (Å²) in [7, 11) is 0. The fraction of sp³-hybridized carbons (Fsp3) is 0.533. The van der Waals surface area contributed by atoms with Gasteiger partial charge in [-0.15, -0.1) is 0 Å². The van der Waals surface area contributed by atoms with Gasteiger partial charge >= 0.3 is 5.97 Å². The van der Waals surface area contributed by atoms with E-state index in [-0.39, 0.29) is 12.0 Å². The maximum atomic E-state index is 10.8. The van der Waals surface area contributed by atoms with E-state index in [9.17, 15) is 4.79 Å². The molecule has 0 saturated heterocycles. The predicted octanol–water partition coefficient (Wildman–Crippen LogP) is 3.72. The minimum absolute atomic E-state index is 0.0679. The number of hydrogen-bond donors (Lipinski definition) is 1. The van der Waals surface area contributed by atoms with Crippen molar-refractivity contribution in [2.45, 2.75) is 46.2 Å². The smallest absolute Gasteiger partial charge is 0.304 e. The first-order valence-electron chi connectivity index (χ1n) is 6.42. The molecule has 0 saturated carbocycles. The first-order chi connectivity index (χ1) is 8.70. The molecule has 0 aliphatic rings. The maximum absolute atomic E-state index is 10.8. The average Bonchev–Trinajstić information content (AvgIpc) is 2.24. The van der Waals surface area contributed by atoms with Crippen LogP contribution in [0.3, 0.4) is 0 Å². The fourth-order valence-corrected chi connectivity index (χ4v) is 2.15. The van der Waals surface area contributed by atoms with Crippen molar-refractivity contribution < 1.29 is 9.90 Å². The number of benzene rings is 1. The van der Waals surface area contributed by atoms with Gasteiger partial charge in [-0.05, 0) is 51.0 Å². The summed E-state index contributed by atoms with van der Waals surface area (Å²) in [6.07, 6.45) is 0.157. The lowest BCUT2D eigenvalue weighted by molar-refractivity contribution is -0.137. The van der Waals surface area contributed by atoms with Crippen LogP contribution in [0.4, 0.5) is 0 Å². The zero-order valence-electron chi connectivity index (χ0n) is 12.0. The summed E-state index contributed by atoms with van der Waals surface area (Å²) in [6.45, 7) is 9.60. The van der Waals surface area contributed by atoms with E-state index in [4.69, 9.17) is 16.7 Å². The Morgan fingerprint density at radius 2 is 2.00 bits per heavy atom. The van der Waals surface area contributed by atoms with Gasteiger partial charge in [0.05, 0.1) is 6.42 Å². The Morgan fingerprint density at radius 3 is 2.47 bits per heavy atom. The highest BCUT2D eigenvalue weighted by Gasteiger charge is 2.22.